The van der Waals surface area contributed by atoms with Gasteiger partial charge in [0.1, 0.15) is 0 Å². The number of fused-ring (bicyclic) bond motifs is 1. The monoisotopic (exact) mass is 443 g/mol. The summed E-state index contributed by atoms with van der Waals surface area (Å²) in [5.41, 5.74) is 7.53. The minimum atomic E-state index is -0.337. The zero-order chi connectivity index (χ0) is 18.1. The number of halogens is 2. The van der Waals surface area contributed by atoms with E-state index >= 15 is 0 Å². The smallest absolute Gasteiger partial charge is 1.00 e. The summed E-state index contributed by atoms with van der Waals surface area (Å²) in [6.07, 6.45) is 2.34. The first kappa shape index (κ1) is 22.9. The summed E-state index contributed by atoms with van der Waals surface area (Å²) in [7, 11) is 0. The summed E-state index contributed by atoms with van der Waals surface area (Å²) in [4.78, 5) is 0. The fourth-order valence-electron chi connectivity index (χ4n) is 3.89. The number of benzene rings is 3. The first-order chi connectivity index (χ1) is 12.6. The molecule has 0 saturated heterocycles. The molecule has 1 aliphatic carbocycles. The van der Waals surface area contributed by atoms with Gasteiger partial charge >= 0.3 is 168 Å². The average molecular weight is 444 g/mol. The van der Waals surface area contributed by atoms with Gasteiger partial charge in [-0.05, 0) is 0 Å². The maximum atomic E-state index is 5.83. The van der Waals surface area contributed by atoms with Crippen LogP contribution in [0.4, 0.5) is 0 Å². The molecule has 141 valence electrons. The van der Waals surface area contributed by atoms with Crippen molar-refractivity contribution in [2.24, 2.45) is 0 Å². The van der Waals surface area contributed by atoms with Gasteiger partial charge in [0.2, 0.25) is 0 Å². The number of allylic oxidation sites excluding steroid dienone is 1. The second kappa shape index (κ2) is 9.43. The standard InChI is InChI=1S/C24H21O.2ClH.Ti/c1-24(2,25)22-15-9-8-14-20(22)23-19-13-7-6-12-18(19)16-21(23)17-10-4-3-5-11-17;;;/h3-16,23H,1-2H3;2*1H;/q-1;;;+3/p-2. The van der Waals surface area contributed by atoms with E-state index in [-0.39, 0.29) is 36.3 Å². The Balaban J connectivity index is 0.00000140. The van der Waals surface area contributed by atoms with Crippen molar-refractivity contribution in [1.29, 1.82) is 0 Å². The fourth-order valence-corrected chi connectivity index (χ4v) is 4.06. The molecule has 0 spiro atoms. The second-order valence-electron chi connectivity index (χ2n) is 7.23. The van der Waals surface area contributed by atoms with E-state index in [0.717, 1.165) is 0 Å². The van der Waals surface area contributed by atoms with E-state index in [1.54, 1.807) is 20.8 Å². The van der Waals surface area contributed by atoms with E-state index in [1.165, 1.54) is 33.4 Å². The van der Waals surface area contributed by atoms with Crippen LogP contribution in [-0.2, 0) is 29.7 Å². The maximum absolute atomic E-state index is 5.83. The average Bonchev–Trinajstić information content (AvgIpc) is 3.08. The number of hydrogen-bond acceptors (Lipinski definition) is 1. The van der Waals surface area contributed by atoms with Crippen LogP contribution in [0, 0.1) is 0 Å². The quantitative estimate of drug-likeness (QED) is 0.519. The first-order valence-electron chi connectivity index (χ1n) is 8.92. The van der Waals surface area contributed by atoms with Crippen molar-refractivity contribution < 1.29 is 49.0 Å². The van der Waals surface area contributed by atoms with Crippen LogP contribution >= 0.6 is 0 Å². The van der Waals surface area contributed by atoms with Crippen molar-refractivity contribution in [3.05, 3.63) is 107 Å². The number of rotatable bonds is 4. The molecule has 0 bridgehead atoms. The largest absolute Gasteiger partial charge is 1.00 e. The zero-order valence-corrected chi connectivity index (χ0v) is 18.9. The zero-order valence-electron chi connectivity index (χ0n) is 15.8. The Morgan fingerprint density at radius 2 is 1.32 bits per heavy atom. The van der Waals surface area contributed by atoms with Crippen molar-refractivity contribution in [2.45, 2.75) is 25.4 Å². The second-order valence-corrected chi connectivity index (χ2v) is 7.55. The van der Waals surface area contributed by atoms with Gasteiger partial charge in [0.05, 0.1) is 0 Å². The van der Waals surface area contributed by atoms with Gasteiger partial charge in [0.25, 0.3) is 0 Å². The fraction of sp³-hybridized carbons (Fsp3) is 0.167. The molecule has 0 amide bonds. The Labute approximate surface area is 191 Å². The van der Waals surface area contributed by atoms with Crippen molar-refractivity contribution in [2.75, 3.05) is 0 Å². The van der Waals surface area contributed by atoms with Crippen LogP contribution in [-0.4, -0.2) is 0 Å². The Morgan fingerprint density at radius 3 is 2.00 bits per heavy atom. The maximum Gasteiger partial charge on any atom is -1.00 e. The van der Waals surface area contributed by atoms with E-state index in [4.69, 9.17) is 3.32 Å². The van der Waals surface area contributed by atoms with Crippen LogP contribution < -0.4 is 24.8 Å². The van der Waals surface area contributed by atoms with Crippen LogP contribution in [0.25, 0.3) is 11.6 Å². The molecular weight excluding hydrogens is 423 g/mol. The molecule has 0 aliphatic heterocycles. The van der Waals surface area contributed by atoms with Crippen molar-refractivity contribution in [1.82, 2.24) is 0 Å². The molecule has 1 aliphatic rings. The SMILES string of the molecule is CC(C)([O][Ti+2])c1ccccc1C1C(c2ccccc2)=Cc2ccccc21.[Cl-].[Cl-]. The third kappa shape index (κ3) is 4.15. The molecule has 1 unspecified atom stereocenters. The van der Waals surface area contributed by atoms with Gasteiger partial charge in [0.15, 0.2) is 0 Å². The Hall–Kier alpha value is -1.35. The van der Waals surface area contributed by atoms with Crippen molar-refractivity contribution in [3.63, 3.8) is 0 Å². The van der Waals surface area contributed by atoms with Gasteiger partial charge in [-0.25, -0.2) is 0 Å². The molecule has 3 aromatic carbocycles. The molecule has 4 rings (SSSR count). The molecule has 1 nitrogen and oxygen atoms in total. The third-order valence-electron chi connectivity index (χ3n) is 5.21. The number of hydrogen-bond donors (Lipinski definition) is 0. The van der Waals surface area contributed by atoms with Crippen LogP contribution in [0.5, 0.6) is 0 Å². The third-order valence-corrected chi connectivity index (χ3v) is 6.01. The molecule has 0 radical (unpaired) electrons. The van der Waals surface area contributed by atoms with Gasteiger partial charge in [-0.15, -0.1) is 0 Å². The molecule has 4 heteroatoms. The molecule has 0 heterocycles. The minimum absolute atomic E-state index is 0. The summed E-state index contributed by atoms with van der Waals surface area (Å²) in [5, 5.41) is 0. The molecule has 28 heavy (non-hydrogen) atoms. The molecule has 0 saturated carbocycles. The van der Waals surface area contributed by atoms with Crippen molar-refractivity contribution in [3.8, 4) is 0 Å². The van der Waals surface area contributed by atoms with Gasteiger partial charge in [0, 0.05) is 0 Å². The van der Waals surface area contributed by atoms with Gasteiger partial charge < -0.3 is 24.8 Å². The van der Waals surface area contributed by atoms with E-state index < -0.39 is 0 Å². The molecule has 0 fully saturated rings. The minimum Gasteiger partial charge on any atom is -1.00 e. The Morgan fingerprint density at radius 1 is 0.750 bits per heavy atom. The van der Waals surface area contributed by atoms with Crippen LogP contribution in [0.15, 0.2) is 78.9 Å². The van der Waals surface area contributed by atoms with E-state index in [2.05, 4.69) is 98.8 Å². The summed E-state index contributed by atoms with van der Waals surface area (Å²) in [5.74, 6) is 0.222. The topological polar surface area (TPSA) is 9.23 Å². The normalized spacial score (nSPS) is 15.1. The van der Waals surface area contributed by atoms with Crippen LogP contribution in [0.3, 0.4) is 0 Å². The van der Waals surface area contributed by atoms with Gasteiger partial charge in [-0.2, -0.15) is 0 Å². The van der Waals surface area contributed by atoms with Gasteiger partial charge in [-0.1, -0.05) is 0 Å². The predicted octanol–water partition coefficient (Wildman–Crippen LogP) is 0.0942. The van der Waals surface area contributed by atoms with Crippen LogP contribution in [0.1, 0.15) is 47.6 Å². The predicted molar refractivity (Wildman–Crippen MR) is 103 cm³/mol. The molecule has 0 N–H and O–H groups in total. The van der Waals surface area contributed by atoms with Crippen LogP contribution in [0.2, 0.25) is 0 Å². The summed E-state index contributed by atoms with van der Waals surface area (Å²) in [6.45, 7) is 4.27. The summed E-state index contributed by atoms with van der Waals surface area (Å²) < 4.78 is 5.83. The van der Waals surface area contributed by atoms with Crippen molar-refractivity contribution >= 4 is 11.6 Å². The first-order valence-corrected chi connectivity index (χ1v) is 9.55. The Bertz CT molecular complexity index is 967. The molecule has 3 aromatic rings. The van der Waals surface area contributed by atoms with E-state index in [9.17, 15) is 0 Å². The molecular formula is C24H21Cl2OTi. The van der Waals surface area contributed by atoms with E-state index in [0.29, 0.717) is 0 Å². The van der Waals surface area contributed by atoms with E-state index in [1.807, 2.05) is 0 Å². The Kier molecular flexibility index (Phi) is 7.73. The van der Waals surface area contributed by atoms with Gasteiger partial charge in [-0.3, -0.25) is 0 Å². The molecule has 1 atom stereocenters. The summed E-state index contributed by atoms with van der Waals surface area (Å²) >= 11 is 1.79. The summed E-state index contributed by atoms with van der Waals surface area (Å²) in [6, 6.07) is 28.1. The molecule has 0 aromatic heterocycles.